The fraction of sp³-hybridized carbons (Fsp3) is 0.0714. The first-order valence-electron chi connectivity index (χ1n) is 16.2. The molecule has 1 fully saturated rings. The Labute approximate surface area is 273 Å². The Kier molecular flexibility index (Phi) is 6.86. The van der Waals surface area contributed by atoms with Gasteiger partial charge in [0.15, 0.2) is 0 Å². The first-order valence-corrected chi connectivity index (χ1v) is 16.2. The van der Waals surface area contributed by atoms with E-state index in [1.165, 1.54) is 54.8 Å². The summed E-state index contributed by atoms with van der Waals surface area (Å²) in [5.74, 6) is 0. The van der Waals surface area contributed by atoms with Gasteiger partial charge in [-0.1, -0.05) is 133 Å². The largest absolute Gasteiger partial charge is 0.308 e. The number of pyridine rings is 1. The number of nitrogens with zero attached hydrogens (tertiary/aromatic N) is 2. The number of rotatable bonds is 5. The van der Waals surface area contributed by atoms with Crippen LogP contribution in [0.2, 0.25) is 0 Å². The van der Waals surface area contributed by atoms with Crippen LogP contribution in [0.3, 0.4) is 0 Å². The van der Waals surface area contributed by atoms with Crippen LogP contribution < -0.4 is 16.0 Å². The Hall–Kier alpha value is -5.59. The number of hydrogen-bond donors (Lipinski definition) is 3. The number of benzene rings is 6. The van der Waals surface area contributed by atoms with Crippen LogP contribution in [0.15, 0.2) is 164 Å². The van der Waals surface area contributed by atoms with E-state index in [4.69, 9.17) is 4.98 Å². The van der Waals surface area contributed by atoms with Gasteiger partial charge in [0.05, 0.1) is 40.9 Å². The van der Waals surface area contributed by atoms with E-state index in [9.17, 15) is 0 Å². The highest BCUT2D eigenvalue weighted by Crippen LogP contribution is 2.37. The van der Waals surface area contributed by atoms with E-state index in [1.807, 2.05) is 6.20 Å². The van der Waals surface area contributed by atoms with Crippen LogP contribution in [0.1, 0.15) is 35.3 Å². The summed E-state index contributed by atoms with van der Waals surface area (Å²) in [4.78, 5) is 5.07. The molecule has 0 radical (unpaired) electrons. The third-order valence-corrected chi connectivity index (χ3v) is 9.37. The first-order chi connectivity index (χ1) is 23.3. The molecule has 3 N–H and O–H groups in total. The van der Waals surface area contributed by atoms with Gasteiger partial charge in [0.25, 0.3) is 0 Å². The van der Waals surface area contributed by atoms with Crippen molar-refractivity contribution in [2.45, 2.75) is 18.5 Å². The summed E-state index contributed by atoms with van der Waals surface area (Å²) < 4.78 is 2.33. The second-order valence-corrected chi connectivity index (χ2v) is 12.2. The topological polar surface area (TPSA) is 53.9 Å². The first kappa shape index (κ1) is 27.7. The lowest BCUT2D eigenvalue weighted by molar-refractivity contribution is 0.200. The Bertz CT molecular complexity index is 2330. The lowest BCUT2D eigenvalue weighted by Gasteiger charge is -2.39. The predicted octanol–water partition coefficient (Wildman–Crippen LogP) is 9.18. The van der Waals surface area contributed by atoms with Crippen molar-refractivity contribution in [1.29, 1.82) is 0 Å². The summed E-state index contributed by atoms with van der Waals surface area (Å²) in [5, 5.41) is 16.4. The highest BCUT2D eigenvalue weighted by Gasteiger charge is 2.30. The molecule has 226 valence electrons. The number of para-hydroxylation sites is 1. The monoisotopic (exact) mass is 607 g/mol. The summed E-state index contributed by atoms with van der Waals surface area (Å²) in [7, 11) is 0. The third kappa shape index (κ3) is 4.98. The van der Waals surface area contributed by atoms with Gasteiger partial charge in [-0.3, -0.25) is 20.9 Å². The predicted molar refractivity (Wildman–Crippen MR) is 192 cm³/mol. The van der Waals surface area contributed by atoms with Gasteiger partial charge in [0.2, 0.25) is 0 Å². The molecular weight excluding hydrogens is 574 g/mol. The van der Waals surface area contributed by atoms with E-state index >= 15 is 0 Å². The Balaban J connectivity index is 1.08. The minimum absolute atomic E-state index is 0.0617. The second kappa shape index (κ2) is 11.6. The van der Waals surface area contributed by atoms with Gasteiger partial charge >= 0.3 is 0 Å². The number of aromatic nitrogens is 2. The Morgan fingerprint density at radius 2 is 1.06 bits per heavy atom. The molecule has 3 unspecified atom stereocenters. The van der Waals surface area contributed by atoms with Gasteiger partial charge in [-0.15, -0.1) is 0 Å². The molecule has 9 rings (SSSR count). The summed E-state index contributed by atoms with van der Waals surface area (Å²) in [6.07, 6.45) is 1.69. The van der Waals surface area contributed by atoms with Crippen molar-refractivity contribution in [2.24, 2.45) is 0 Å². The van der Waals surface area contributed by atoms with Gasteiger partial charge in [0, 0.05) is 10.8 Å². The number of hydrogen-bond acceptors (Lipinski definition) is 4. The van der Waals surface area contributed by atoms with Crippen LogP contribution >= 0.6 is 0 Å². The molecule has 0 amide bonds. The van der Waals surface area contributed by atoms with E-state index in [2.05, 4.69) is 178 Å². The molecule has 3 heterocycles. The van der Waals surface area contributed by atoms with Crippen LogP contribution in [-0.2, 0) is 0 Å². The molecule has 1 saturated heterocycles. The molecule has 47 heavy (non-hydrogen) atoms. The zero-order valence-electron chi connectivity index (χ0n) is 25.7. The van der Waals surface area contributed by atoms with E-state index in [-0.39, 0.29) is 18.5 Å². The SMILES string of the molecule is c1ccc(-c2ccc(C3NC(c4ccccc4)NC(c4ccc(-n5c6ccccc6c6c7ccccc7ccc65)cn4)N3)cc2)cc1. The third-order valence-electron chi connectivity index (χ3n) is 9.37. The standard InChI is InChI=1S/C42H33N5/c1-3-11-28(12-4-1)29-19-21-32(22-20-29)41-44-40(31-14-5-2-6-15-31)45-42(46-41)36-25-24-33(27-43-36)47-37-18-10-9-17-35(37)39-34-16-8-7-13-30(34)23-26-38(39)47/h1-27,40-42,44-46H. The zero-order chi connectivity index (χ0) is 31.2. The summed E-state index contributed by atoms with van der Waals surface area (Å²) in [5.41, 5.74) is 9.10. The molecule has 6 aromatic carbocycles. The molecule has 1 aliphatic rings. The van der Waals surface area contributed by atoms with Crippen molar-refractivity contribution in [3.63, 3.8) is 0 Å². The molecule has 1 aliphatic heterocycles. The lowest BCUT2D eigenvalue weighted by Crippen LogP contribution is -2.54. The fourth-order valence-electron chi connectivity index (χ4n) is 7.06. The lowest BCUT2D eigenvalue weighted by atomic mass is 10.0. The Morgan fingerprint density at radius 1 is 0.447 bits per heavy atom. The normalized spacial score (nSPS) is 18.2. The minimum atomic E-state index is -0.170. The average Bonchev–Trinajstić information content (AvgIpc) is 3.50. The molecule has 8 aromatic rings. The van der Waals surface area contributed by atoms with E-state index in [0.29, 0.717) is 0 Å². The zero-order valence-corrected chi connectivity index (χ0v) is 25.7. The maximum atomic E-state index is 5.07. The smallest absolute Gasteiger partial charge is 0.104 e. The van der Waals surface area contributed by atoms with Crippen molar-refractivity contribution < 1.29 is 0 Å². The number of nitrogens with one attached hydrogen (secondary N) is 3. The Morgan fingerprint density at radius 3 is 1.81 bits per heavy atom. The molecule has 5 heteroatoms. The second-order valence-electron chi connectivity index (χ2n) is 12.2. The molecule has 5 nitrogen and oxygen atoms in total. The molecule has 0 bridgehead atoms. The highest BCUT2D eigenvalue weighted by atomic mass is 15.4. The minimum Gasteiger partial charge on any atom is -0.308 e. The van der Waals surface area contributed by atoms with Crippen molar-refractivity contribution in [2.75, 3.05) is 0 Å². The van der Waals surface area contributed by atoms with Crippen molar-refractivity contribution in [3.05, 3.63) is 181 Å². The number of fused-ring (bicyclic) bond motifs is 5. The fourth-order valence-corrected chi connectivity index (χ4v) is 7.06. The van der Waals surface area contributed by atoms with Crippen molar-refractivity contribution in [3.8, 4) is 16.8 Å². The van der Waals surface area contributed by atoms with Crippen LogP contribution in [0.5, 0.6) is 0 Å². The van der Waals surface area contributed by atoms with Crippen LogP contribution in [0, 0.1) is 0 Å². The van der Waals surface area contributed by atoms with E-state index in [0.717, 1.165) is 11.4 Å². The molecule has 0 saturated carbocycles. The molecule has 2 aromatic heterocycles. The van der Waals surface area contributed by atoms with Gasteiger partial charge < -0.3 is 4.57 Å². The molecule has 0 aliphatic carbocycles. The van der Waals surface area contributed by atoms with E-state index < -0.39 is 0 Å². The van der Waals surface area contributed by atoms with Crippen LogP contribution in [-0.4, -0.2) is 9.55 Å². The van der Waals surface area contributed by atoms with Gasteiger partial charge in [-0.2, -0.15) is 0 Å². The quantitative estimate of drug-likeness (QED) is 0.183. The van der Waals surface area contributed by atoms with Crippen molar-refractivity contribution in [1.82, 2.24) is 25.5 Å². The molecule has 3 atom stereocenters. The molecule has 0 spiro atoms. The summed E-state index contributed by atoms with van der Waals surface area (Å²) >= 11 is 0. The van der Waals surface area contributed by atoms with Crippen LogP contribution in [0.4, 0.5) is 0 Å². The van der Waals surface area contributed by atoms with Gasteiger partial charge in [-0.05, 0) is 57.3 Å². The summed E-state index contributed by atoms with van der Waals surface area (Å²) in [6.45, 7) is 0. The van der Waals surface area contributed by atoms with Crippen molar-refractivity contribution >= 4 is 32.6 Å². The van der Waals surface area contributed by atoms with Crippen LogP contribution in [0.25, 0.3) is 49.4 Å². The maximum absolute atomic E-state index is 5.07. The maximum Gasteiger partial charge on any atom is 0.104 e. The highest BCUT2D eigenvalue weighted by molar-refractivity contribution is 6.21. The summed E-state index contributed by atoms with van der Waals surface area (Å²) in [6, 6.07) is 55.9. The van der Waals surface area contributed by atoms with E-state index in [1.54, 1.807) is 0 Å². The van der Waals surface area contributed by atoms with Gasteiger partial charge in [-0.25, -0.2) is 0 Å². The van der Waals surface area contributed by atoms with Gasteiger partial charge in [0.1, 0.15) is 6.17 Å². The molecular formula is C42H33N5. The average molecular weight is 608 g/mol.